The van der Waals surface area contributed by atoms with Gasteiger partial charge in [-0.15, -0.1) is 0 Å². The van der Waals surface area contributed by atoms with Gasteiger partial charge in [0.1, 0.15) is 0 Å². The summed E-state index contributed by atoms with van der Waals surface area (Å²) in [5, 5.41) is 14.4. The van der Waals surface area contributed by atoms with Crippen LogP contribution in [0.2, 0.25) is 0 Å². The van der Waals surface area contributed by atoms with Crippen LogP contribution >= 0.6 is 0 Å². The van der Waals surface area contributed by atoms with Crippen molar-refractivity contribution in [1.82, 2.24) is 5.32 Å². The summed E-state index contributed by atoms with van der Waals surface area (Å²) in [6.07, 6.45) is 11.0. The maximum Gasteiger partial charge on any atom is 0.0771 e. The van der Waals surface area contributed by atoms with Crippen LogP contribution in [0.4, 0.5) is 0 Å². The van der Waals surface area contributed by atoms with Crippen molar-refractivity contribution < 1.29 is 5.11 Å². The van der Waals surface area contributed by atoms with Crippen LogP contribution in [0.15, 0.2) is 30.3 Å². The molecule has 2 N–H and O–H groups in total. The van der Waals surface area contributed by atoms with Crippen LogP contribution in [0.1, 0.15) is 69.4 Å². The quantitative estimate of drug-likeness (QED) is 0.850. The second kappa shape index (κ2) is 6.93. The van der Waals surface area contributed by atoms with Crippen molar-refractivity contribution >= 4 is 0 Å². The molecule has 0 radical (unpaired) electrons. The molecular weight excluding hydrogens is 258 g/mol. The van der Waals surface area contributed by atoms with Crippen molar-refractivity contribution in [3.63, 3.8) is 0 Å². The van der Waals surface area contributed by atoms with Crippen LogP contribution in [0.5, 0.6) is 0 Å². The Bertz CT molecular complexity index is 418. The van der Waals surface area contributed by atoms with E-state index in [0.717, 1.165) is 25.3 Å². The Morgan fingerprint density at radius 1 is 1.00 bits per heavy atom. The van der Waals surface area contributed by atoms with Gasteiger partial charge in [0.15, 0.2) is 0 Å². The van der Waals surface area contributed by atoms with E-state index in [1.165, 1.54) is 50.5 Å². The number of hydrogen-bond donors (Lipinski definition) is 2. The van der Waals surface area contributed by atoms with Crippen molar-refractivity contribution in [1.29, 1.82) is 0 Å². The topological polar surface area (TPSA) is 32.3 Å². The molecule has 0 amide bonds. The van der Waals surface area contributed by atoms with E-state index in [9.17, 15) is 5.11 Å². The number of rotatable bonds is 5. The van der Waals surface area contributed by atoms with Crippen LogP contribution in [-0.4, -0.2) is 17.3 Å². The molecule has 1 aromatic rings. The Morgan fingerprint density at radius 3 is 2.33 bits per heavy atom. The van der Waals surface area contributed by atoms with E-state index < -0.39 is 5.60 Å². The van der Waals surface area contributed by atoms with Crippen molar-refractivity contribution in [3.8, 4) is 0 Å². The minimum atomic E-state index is -0.457. The zero-order chi connectivity index (χ0) is 14.5. The molecule has 2 saturated carbocycles. The highest BCUT2D eigenvalue weighted by Crippen LogP contribution is 2.36. The lowest BCUT2D eigenvalue weighted by atomic mass is 9.81. The van der Waals surface area contributed by atoms with E-state index in [-0.39, 0.29) is 0 Å². The molecule has 0 heterocycles. The number of aliphatic hydroxyl groups is 1. The minimum Gasteiger partial charge on any atom is -0.389 e. The molecule has 0 spiro atoms. The van der Waals surface area contributed by atoms with E-state index in [1.807, 2.05) is 0 Å². The summed E-state index contributed by atoms with van der Waals surface area (Å²) in [5.74, 6) is 0.728. The van der Waals surface area contributed by atoms with Gasteiger partial charge < -0.3 is 10.4 Å². The van der Waals surface area contributed by atoms with E-state index in [4.69, 9.17) is 0 Å². The molecule has 2 aliphatic rings. The third-order valence-electron chi connectivity index (χ3n) is 5.47. The van der Waals surface area contributed by atoms with Crippen LogP contribution in [0.3, 0.4) is 0 Å². The summed E-state index contributed by atoms with van der Waals surface area (Å²) < 4.78 is 0. The standard InChI is InChI=1S/C19H29NO/c21-19(13-7-8-14-19)15-20-18(16-9-3-1-4-10-16)17-11-5-2-6-12-17/h1,3-4,9-10,17-18,20-21H,2,5-8,11-15H2. The Labute approximate surface area is 129 Å². The first-order valence-corrected chi connectivity index (χ1v) is 8.78. The maximum atomic E-state index is 10.6. The minimum absolute atomic E-state index is 0.413. The fourth-order valence-corrected chi connectivity index (χ4v) is 4.19. The normalized spacial score (nSPS) is 24.0. The molecule has 2 fully saturated rings. The summed E-state index contributed by atoms with van der Waals surface area (Å²) in [6.45, 7) is 0.753. The smallest absolute Gasteiger partial charge is 0.0771 e. The summed E-state index contributed by atoms with van der Waals surface area (Å²) in [6, 6.07) is 11.3. The lowest BCUT2D eigenvalue weighted by Gasteiger charge is -2.34. The Balaban J connectivity index is 1.69. The lowest BCUT2D eigenvalue weighted by Crippen LogP contribution is -2.41. The molecule has 0 bridgehead atoms. The van der Waals surface area contributed by atoms with Gasteiger partial charge in [-0.2, -0.15) is 0 Å². The molecule has 1 aromatic carbocycles. The predicted octanol–water partition coefficient (Wildman–Crippen LogP) is 4.20. The Hall–Kier alpha value is -0.860. The lowest BCUT2D eigenvalue weighted by molar-refractivity contribution is 0.0413. The monoisotopic (exact) mass is 287 g/mol. The molecule has 2 nitrogen and oxygen atoms in total. The van der Waals surface area contributed by atoms with Crippen molar-refractivity contribution in [3.05, 3.63) is 35.9 Å². The van der Waals surface area contributed by atoms with Crippen LogP contribution in [-0.2, 0) is 0 Å². The van der Waals surface area contributed by atoms with Gasteiger partial charge in [0, 0.05) is 12.6 Å². The van der Waals surface area contributed by atoms with Gasteiger partial charge in [-0.3, -0.25) is 0 Å². The first kappa shape index (κ1) is 15.1. The molecule has 0 aliphatic heterocycles. The average molecular weight is 287 g/mol. The highest BCUT2D eigenvalue weighted by atomic mass is 16.3. The van der Waals surface area contributed by atoms with Crippen LogP contribution in [0, 0.1) is 5.92 Å². The van der Waals surface area contributed by atoms with Crippen LogP contribution < -0.4 is 5.32 Å². The Morgan fingerprint density at radius 2 is 1.67 bits per heavy atom. The van der Waals surface area contributed by atoms with Gasteiger partial charge in [-0.1, -0.05) is 62.4 Å². The summed E-state index contributed by atoms with van der Waals surface area (Å²) >= 11 is 0. The molecule has 3 rings (SSSR count). The average Bonchev–Trinajstić information content (AvgIpc) is 2.97. The second-order valence-electron chi connectivity index (χ2n) is 7.10. The third kappa shape index (κ3) is 3.87. The molecule has 2 aliphatic carbocycles. The number of hydrogen-bond acceptors (Lipinski definition) is 2. The maximum absolute atomic E-state index is 10.6. The van der Waals surface area contributed by atoms with E-state index >= 15 is 0 Å². The summed E-state index contributed by atoms with van der Waals surface area (Å²) in [5.41, 5.74) is 0.938. The van der Waals surface area contributed by atoms with Crippen molar-refractivity contribution in [2.45, 2.75) is 69.4 Å². The molecule has 1 atom stereocenters. The second-order valence-corrected chi connectivity index (χ2v) is 7.10. The van der Waals surface area contributed by atoms with Gasteiger partial charge in [-0.25, -0.2) is 0 Å². The molecular formula is C19H29NO. The van der Waals surface area contributed by atoms with Gasteiger partial charge in [0.05, 0.1) is 5.60 Å². The van der Waals surface area contributed by atoms with Gasteiger partial charge in [-0.05, 0) is 37.2 Å². The number of nitrogens with one attached hydrogen (secondary N) is 1. The zero-order valence-electron chi connectivity index (χ0n) is 13.1. The summed E-state index contributed by atoms with van der Waals surface area (Å²) in [7, 11) is 0. The largest absolute Gasteiger partial charge is 0.389 e. The molecule has 1 unspecified atom stereocenters. The molecule has 2 heteroatoms. The fraction of sp³-hybridized carbons (Fsp3) is 0.684. The van der Waals surface area contributed by atoms with E-state index in [1.54, 1.807) is 0 Å². The fourth-order valence-electron chi connectivity index (χ4n) is 4.19. The van der Waals surface area contributed by atoms with Crippen molar-refractivity contribution in [2.75, 3.05) is 6.54 Å². The van der Waals surface area contributed by atoms with E-state index in [2.05, 4.69) is 35.6 Å². The number of benzene rings is 1. The van der Waals surface area contributed by atoms with Gasteiger partial charge >= 0.3 is 0 Å². The molecule has 0 aromatic heterocycles. The van der Waals surface area contributed by atoms with Gasteiger partial charge in [0.25, 0.3) is 0 Å². The molecule has 116 valence electrons. The van der Waals surface area contributed by atoms with E-state index in [0.29, 0.717) is 6.04 Å². The highest BCUT2D eigenvalue weighted by Gasteiger charge is 2.33. The molecule has 0 saturated heterocycles. The first-order valence-electron chi connectivity index (χ1n) is 8.78. The summed E-state index contributed by atoms with van der Waals surface area (Å²) in [4.78, 5) is 0. The predicted molar refractivity (Wildman–Crippen MR) is 87.2 cm³/mol. The van der Waals surface area contributed by atoms with Crippen molar-refractivity contribution in [2.24, 2.45) is 5.92 Å². The third-order valence-corrected chi connectivity index (χ3v) is 5.47. The highest BCUT2D eigenvalue weighted by molar-refractivity contribution is 5.20. The molecule has 21 heavy (non-hydrogen) atoms. The SMILES string of the molecule is OC1(CNC(c2ccccc2)C2CCCCC2)CCCC1. The van der Waals surface area contributed by atoms with Gasteiger partial charge in [0.2, 0.25) is 0 Å². The zero-order valence-corrected chi connectivity index (χ0v) is 13.1. The first-order chi connectivity index (χ1) is 10.3. The van der Waals surface area contributed by atoms with Crippen LogP contribution in [0.25, 0.3) is 0 Å². The Kier molecular flexibility index (Phi) is 4.97.